The van der Waals surface area contributed by atoms with Gasteiger partial charge in [0, 0.05) is 12.3 Å². The third-order valence-corrected chi connectivity index (χ3v) is 4.12. The Morgan fingerprint density at radius 1 is 1.13 bits per heavy atom. The lowest BCUT2D eigenvalue weighted by Crippen LogP contribution is -2.30. The molecule has 0 spiro atoms. The zero-order valence-electron chi connectivity index (χ0n) is 9.78. The lowest BCUT2D eigenvalue weighted by molar-refractivity contribution is 0.196. The van der Waals surface area contributed by atoms with Crippen LogP contribution in [0, 0.1) is 0 Å². The van der Waals surface area contributed by atoms with Gasteiger partial charge in [-0.3, -0.25) is 0 Å². The Labute approximate surface area is 93.2 Å². The second kappa shape index (κ2) is 8.07. The van der Waals surface area contributed by atoms with Crippen LogP contribution in [0.25, 0.3) is 0 Å². The highest BCUT2D eigenvalue weighted by Crippen LogP contribution is 1.98. The number of nitrogens with zero attached hydrogens (tertiary/aromatic N) is 1. The maximum atomic E-state index is 11.2. The first-order chi connectivity index (χ1) is 7.05. The molecule has 5 heteroatoms. The SMILES string of the molecule is CCCN(CCO)CCCS(=O)(=O)CC. The van der Waals surface area contributed by atoms with Crippen molar-refractivity contribution in [3.8, 4) is 0 Å². The van der Waals surface area contributed by atoms with Crippen LogP contribution in [0.5, 0.6) is 0 Å². The lowest BCUT2D eigenvalue weighted by Gasteiger charge is -2.20. The minimum absolute atomic E-state index is 0.139. The summed E-state index contributed by atoms with van der Waals surface area (Å²) in [6.45, 7) is 6.21. The fraction of sp³-hybridized carbons (Fsp3) is 1.00. The molecule has 15 heavy (non-hydrogen) atoms. The fourth-order valence-electron chi connectivity index (χ4n) is 1.45. The van der Waals surface area contributed by atoms with E-state index in [2.05, 4.69) is 11.8 Å². The van der Waals surface area contributed by atoms with Gasteiger partial charge in [0.25, 0.3) is 0 Å². The summed E-state index contributed by atoms with van der Waals surface area (Å²) < 4.78 is 22.5. The van der Waals surface area contributed by atoms with E-state index in [1.54, 1.807) is 6.92 Å². The van der Waals surface area contributed by atoms with Gasteiger partial charge in [-0.05, 0) is 25.9 Å². The fourth-order valence-corrected chi connectivity index (χ4v) is 2.30. The van der Waals surface area contributed by atoms with Crippen LogP contribution in [0.3, 0.4) is 0 Å². The van der Waals surface area contributed by atoms with Gasteiger partial charge in [0.05, 0.1) is 12.4 Å². The van der Waals surface area contributed by atoms with Crippen molar-refractivity contribution in [3.05, 3.63) is 0 Å². The first kappa shape index (κ1) is 14.9. The largest absolute Gasteiger partial charge is 0.395 e. The Kier molecular flexibility index (Phi) is 8.00. The molecule has 0 rings (SSSR count). The van der Waals surface area contributed by atoms with Crippen LogP contribution in [-0.4, -0.2) is 56.2 Å². The van der Waals surface area contributed by atoms with Crippen molar-refractivity contribution in [2.45, 2.75) is 26.7 Å². The summed E-state index contributed by atoms with van der Waals surface area (Å²) in [4.78, 5) is 2.10. The van der Waals surface area contributed by atoms with Gasteiger partial charge in [-0.1, -0.05) is 13.8 Å². The van der Waals surface area contributed by atoms with Gasteiger partial charge < -0.3 is 10.0 Å². The van der Waals surface area contributed by atoms with Gasteiger partial charge >= 0.3 is 0 Å². The molecule has 0 aliphatic rings. The Morgan fingerprint density at radius 2 is 1.80 bits per heavy atom. The first-order valence-electron chi connectivity index (χ1n) is 5.59. The summed E-state index contributed by atoms with van der Waals surface area (Å²) in [5, 5.41) is 8.81. The predicted octanol–water partition coefficient (Wildman–Crippen LogP) is 0.516. The van der Waals surface area contributed by atoms with Gasteiger partial charge in [-0.2, -0.15) is 0 Å². The third kappa shape index (κ3) is 7.76. The molecule has 0 radical (unpaired) electrons. The summed E-state index contributed by atoms with van der Waals surface area (Å²) in [7, 11) is -2.83. The topological polar surface area (TPSA) is 57.6 Å². The average molecular weight is 237 g/mol. The van der Waals surface area contributed by atoms with E-state index >= 15 is 0 Å². The molecule has 0 aliphatic carbocycles. The van der Waals surface area contributed by atoms with E-state index in [1.165, 1.54) is 0 Å². The van der Waals surface area contributed by atoms with Crippen molar-refractivity contribution in [2.24, 2.45) is 0 Å². The van der Waals surface area contributed by atoms with Crippen LogP contribution in [0.15, 0.2) is 0 Å². The summed E-state index contributed by atoms with van der Waals surface area (Å²) in [5.74, 6) is 0.482. The monoisotopic (exact) mass is 237 g/mol. The highest BCUT2D eigenvalue weighted by Gasteiger charge is 2.08. The number of rotatable bonds is 9. The molecule has 0 atom stereocenters. The Bertz CT molecular complexity index is 233. The van der Waals surface area contributed by atoms with Gasteiger partial charge in [-0.25, -0.2) is 8.42 Å². The van der Waals surface area contributed by atoms with Crippen LogP contribution < -0.4 is 0 Å². The molecular weight excluding hydrogens is 214 g/mol. The highest BCUT2D eigenvalue weighted by atomic mass is 32.2. The van der Waals surface area contributed by atoms with Gasteiger partial charge in [0.1, 0.15) is 9.84 Å². The van der Waals surface area contributed by atoms with E-state index in [9.17, 15) is 8.42 Å². The van der Waals surface area contributed by atoms with E-state index in [0.29, 0.717) is 13.0 Å². The molecule has 0 aromatic heterocycles. The Balaban J connectivity index is 3.79. The smallest absolute Gasteiger partial charge is 0.150 e. The van der Waals surface area contributed by atoms with Crippen LogP contribution >= 0.6 is 0 Å². The number of sulfone groups is 1. The van der Waals surface area contributed by atoms with Crippen molar-refractivity contribution in [3.63, 3.8) is 0 Å². The summed E-state index contributed by atoms with van der Waals surface area (Å²) >= 11 is 0. The molecule has 0 unspecified atom stereocenters. The molecule has 0 aromatic carbocycles. The van der Waals surface area contributed by atoms with Crippen LogP contribution in [0.4, 0.5) is 0 Å². The highest BCUT2D eigenvalue weighted by molar-refractivity contribution is 7.91. The molecule has 0 saturated heterocycles. The first-order valence-corrected chi connectivity index (χ1v) is 7.41. The van der Waals surface area contributed by atoms with Gasteiger partial charge in [0.15, 0.2) is 0 Å². The average Bonchev–Trinajstić information content (AvgIpc) is 2.18. The molecule has 92 valence electrons. The number of hydrogen-bond acceptors (Lipinski definition) is 4. The molecule has 0 amide bonds. The third-order valence-electron chi connectivity index (χ3n) is 2.33. The maximum absolute atomic E-state index is 11.2. The normalized spacial score (nSPS) is 12.3. The van der Waals surface area contributed by atoms with Gasteiger partial charge in [-0.15, -0.1) is 0 Å². The molecule has 4 nitrogen and oxygen atoms in total. The standard InChI is InChI=1S/C10H23NO3S/c1-3-6-11(8-9-12)7-5-10-15(13,14)4-2/h12H,3-10H2,1-2H3. The van der Waals surface area contributed by atoms with E-state index in [1.807, 2.05) is 0 Å². The minimum Gasteiger partial charge on any atom is -0.395 e. The van der Waals surface area contributed by atoms with Crippen LogP contribution in [-0.2, 0) is 9.84 Å². The Morgan fingerprint density at radius 3 is 2.27 bits per heavy atom. The van der Waals surface area contributed by atoms with Crippen LogP contribution in [0.2, 0.25) is 0 Å². The van der Waals surface area contributed by atoms with Gasteiger partial charge in [0.2, 0.25) is 0 Å². The van der Waals surface area contributed by atoms with Crippen molar-refractivity contribution in [2.75, 3.05) is 37.7 Å². The Hall–Kier alpha value is -0.130. The van der Waals surface area contributed by atoms with E-state index in [4.69, 9.17) is 5.11 Å². The predicted molar refractivity (Wildman–Crippen MR) is 62.8 cm³/mol. The molecular formula is C10H23NO3S. The maximum Gasteiger partial charge on any atom is 0.150 e. The van der Waals surface area contributed by atoms with Crippen molar-refractivity contribution < 1.29 is 13.5 Å². The number of hydrogen-bond donors (Lipinski definition) is 1. The molecule has 0 bridgehead atoms. The van der Waals surface area contributed by atoms with Crippen molar-refractivity contribution in [1.82, 2.24) is 4.90 Å². The second-order valence-electron chi connectivity index (χ2n) is 3.66. The van der Waals surface area contributed by atoms with Crippen molar-refractivity contribution >= 4 is 9.84 Å². The van der Waals surface area contributed by atoms with Crippen molar-refractivity contribution in [1.29, 1.82) is 0 Å². The zero-order valence-corrected chi connectivity index (χ0v) is 10.6. The van der Waals surface area contributed by atoms with Crippen LogP contribution in [0.1, 0.15) is 26.7 Å². The van der Waals surface area contributed by atoms with E-state index < -0.39 is 9.84 Å². The summed E-state index contributed by atoms with van der Waals surface area (Å²) in [6, 6.07) is 0. The van der Waals surface area contributed by atoms with E-state index in [-0.39, 0.29) is 18.1 Å². The molecule has 0 heterocycles. The molecule has 0 aliphatic heterocycles. The second-order valence-corrected chi connectivity index (χ2v) is 6.13. The summed E-state index contributed by atoms with van der Waals surface area (Å²) in [5.41, 5.74) is 0. The molecule has 0 saturated carbocycles. The lowest BCUT2D eigenvalue weighted by atomic mass is 10.3. The summed E-state index contributed by atoms with van der Waals surface area (Å²) in [6.07, 6.45) is 1.69. The number of aliphatic hydroxyl groups is 1. The number of aliphatic hydroxyl groups excluding tert-OH is 1. The molecule has 0 fully saturated rings. The minimum atomic E-state index is -2.83. The zero-order chi connectivity index (χ0) is 11.7. The molecule has 1 N–H and O–H groups in total. The van der Waals surface area contributed by atoms with E-state index in [0.717, 1.165) is 19.5 Å². The molecule has 0 aromatic rings. The quantitative estimate of drug-likeness (QED) is 0.635.